The Labute approximate surface area is 119 Å². The van der Waals surface area contributed by atoms with Crippen LogP contribution < -0.4 is 15.4 Å². The van der Waals surface area contributed by atoms with E-state index in [0.29, 0.717) is 16.1 Å². The number of anilines is 2. The first-order valence-electron chi connectivity index (χ1n) is 5.52. The second kappa shape index (κ2) is 6.19. The Bertz CT molecular complexity index is 572. The minimum Gasteiger partial charge on any atom is -0.497 e. The molecule has 2 N–H and O–H groups in total. The molecule has 1 aromatic heterocycles. The molecule has 0 aliphatic carbocycles. The topological polar surface area (TPSA) is 63.2 Å². The molecule has 1 aromatic carbocycles. The van der Waals surface area contributed by atoms with Crippen molar-refractivity contribution in [3.8, 4) is 5.75 Å². The number of nitrogens with zero attached hydrogens (tertiary/aromatic N) is 1. The summed E-state index contributed by atoms with van der Waals surface area (Å²) in [4.78, 5) is 15.8. The van der Waals surface area contributed by atoms with Crippen LogP contribution in [0.5, 0.6) is 5.75 Å². The van der Waals surface area contributed by atoms with E-state index in [9.17, 15) is 4.79 Å². The van der Waals surface area contributed by atoms with Gasteiger partial charge in [-0.25, -0.2) is 9.78 Å². The average molecular weight is 322 g/mol. The van der Waals surface area contributed by atoms with Gasteiger partial charge in [0.2, 0.25) is 0 Å². The first-order chi connectivity index (χ1) is 9.17. The Morgan fingerprint density at radius 1 is 1.16 bits per heavy atom. The number of aromatic nitrogens is 1. The fraction of sp³-hybridized carbons (Fsp3) is 0.0769. The van der Waals surface area contributed by atoms with E-state index in [4.69, 9.17) is 4.74 Å². The molecule has 0 atom stereocenters. The van der Waals surface area contributed by atoms with Crippen LogP contribution in [-0.2, 0) is 0 Å². The largest absolute Gasteiger partial charge is 0.497 e. The quantitative estimate of drug-likeness (QED) is 0.850. The maximum absolute atomic E-state index is 11.7. The first-order valence-corrected chi connectivity index (χ1v) is 6.31. The predicted molar refractivity (Wildman–Crippen MR) is 77.6 cm³/mol. The highest BCUT2D eigenvalue weighted by atomic mass is 79.9. The van der Waals surface area contributed by atoms with Crippen LogP contribution >= 0.6 is 15.9 Å². The van der Waals surface area contributed by atoms with Crippen LogP contribution in [0.3, 0.4) is 0 Å². The van der Waals surface area contributed by atoms with Crippen LogP contribution in [0.15, 0.2) is 47.1 Å². The standard InChI is InChI=1S/C13H12BrN3O2/c1-19-10-7-5-9(6-8-10)15-13(18)17-12-4-2-3-11(14)16-12/h2-8H,1H3,(H2,15,16,17,18). The van der Waals surface area contributed by atoms with Gasteiger partial charge in [-0.1, -0.05) is 6.07 Å². The molecule has 0 spiro atoms. The number of rotatable bonds is 3. The number of nitrogens with one attached hydrogen (secondary N) is 2. The van der Waals surface area contributed by atoms with E-state index in [1.807, 2.05) is 0 Å². The number of methoxy groups -OCH3 is 1. The summed E-state index contributed by atoms with van der Waals surface area (Å²) in [5, 5.41) is 5.34. The highest BCUT2D eigenvalue weighted by Gasteiger charge is 2.03. The molecule has 2 amide bonds. The van der Waals surface area contributed by atoms with Gasteiger partial charge in [0.15, 0.2) is 0 Å². The van der Waals surface area contributed by atoms with E-state index in [1.165, 1.54) is 0 Å². The van der Waals surface area contributed by atoms with Crippen molar-refractivity contribution >= 4 is 33.5 Å². The summed E-state index contributed by atoms with van der Waals surface area (Å²) in [5.41, 5.74) is 0.674. The number of carbonyl (C=O) groups is 1. The molecule has 2 rings (SSSR count). The molecule has 5 nitrogen and oxygen atoms in total. The summed E-state index contributed by atoms with van der Waals surface area (Å²) >= 11 is 3.24. The third-order valence-electron chi connectivity index (χ3n) is 2.30. The number of pyridine rings is 1. The number of carbonyl (C=O) groups excluding carboxylic acids is 1. The Balaban J connectivity index is 1.97. The summed E-state index contributed by atoms with van der Waals surface area (Å²) in [6.45, 7) is 0. The molecule has 6 heteroatoms. The number of amides is 2. The van der Waals surface area contributed by atoms with Gasteiger partial charge in [0.1, 0.15) is 16.2 Å². The molecule has 98 valence electrons. The zero-order valence-corrected chi connectivity index (χ0v) is 11.8. The molecule has 0 bridgehead atoms. The zero-order valence-electron chi connectivity index (χ0n) is 10.2. The third-order valence-corrected chi connectivity index (χ3v) is 2.75. The normalized spacial score (nSPS) is 9.79. The Morgan fingerprint density at radius 3 is 2.53 bits per heavy atom. The Morgan fingerprint density at radius 2 is 1.89 bits per heavy atom. The van der Waals surface area contributed by atoms with Gasteiger partial charge in [-0.2, -0.15) is 0 Å². The maximum Gasteiger partial charge on any atom is 0.324 e. The van der Waals surface area contributed by atoms with E-state index in [0.717, 1.165) is 5.75 Å². The van der Waals surface area contributed by atoms with Crippen LogP contribution in [0, 0.1) is 0 Å². The van der Waals surface area contributed by atoms with Crippen molar-refractivity contribution in [2.75, 3.05) is 17.7 Å². The van der Waals surface area contributed by atoms with Crippen molar-refractivity contribution in [2.24, 2.45) is 0 Å². The van der Waals surface area contributed by atoms with Gasteiger partial charge >= 0.3 is 6.03 Å². The molecule has 19 heavy (non-hydrogen) atoms. The fourth-order valence-electron chi connectivity index (χ4n) is 1.43. The van der Waals surface area contributed by atoms with Crippen molar-refractivity contribution < 1.29 is 9.53 Å². The minimum absolute atomic E-state index is 0.351. The number of halogens is 1. The van der Waals surface area contributed by atoms with E-state index in [2.05, 4.69) is 31.5 Å². The first kappa shape index (κ1) is 13.4. The van der Waals surface area contributed by atoms with Crippen molar-refractivity contribution in [1.82, 2.24) is 4.98 Å². The van der Waals surface area contributed by atoms with E-state index in [1.54, 1.807) is 49.6 Å². The second-order valence-corrected chi connectivity index (χ2v) is 4.47. The van der Waals surface area contributed by atoms with Crippen LogP contribution in [0.4, 0.5) is 16.3 Å². The van der Waals surface area contributed by atoms with Crippen molar-refractivity contribution in [2.45, 2.75) is 0 Å². The number of urea groups is 1. The predicted octanol–water partition coefficient (Wildman–Crippen LogP) is 3.50. The molecule has 0 unspecified atom stereocenters. The molecular weight excluding hydrogens is 310 g/mol. The van der Waals surface area contributed by atoms with E-state index >= 15 is 0 Å². The summed E-state index contributed by atoms with van der Waals surface area (Å²) in [6, 6.07) is 12.0. The SMILES string of the molecule is COc1ccc(NC(=O)Nc2cccc(Br)n2)cc1. The van der Waals surface area contributed by atoms with Crippen LogP contribution in [0.2, 0.25) is 0 Å². The second-order valence-electron chi connectivity index (χ2n) is 3.65. The molecule has 0 aliphatic heterocycles. The molecule has 0 fully saturated rings. The molecular formula is C13H12BrN3O2. The lowest BCUT2D eigenvalue weighted by Gasteiger charge is -2.07. The lowest BCUT2D eigenvalue weighted by molar-refractivity contribution is 0.262. The molecule has 1 heterocycles. The highest BCUT2D eigenvalue weighted by molar-refractivity contribution is 9.10. The van der Waals surface area contributed by atoms with Gasteiger partial charge in [-0.3, -0.25) is 5.32 Å². The van der Waals surface area contributed by atoms with Crippen molar-refractivity contribution in [3.05, 3.63) is 47.1 Å². The molecule has 0 aliphatic rings. The van der Waals surface area contributed by atoms with Gasteiger partial charge in [-0.05, 0) is 52.3 Å². The number of ether oxygens (including phenoxy) is 1. The Kier molecular flexibility index (Phi) is 4.35. The maximum atomic E-state index is 11.7. The monoisotopic (exact) mass is 321 g/mol. The van der Waals surface area contributed by atoms with Gasteiger partial charge in [0, 0.05) is 5.69 Å². The Hall–Kier alpha value is -2.08. The van der Waals surface area contributed by atoms with E-state index < -0.39 is 0 Å². The van der Waals surface area contributed by atoms with Gasteiger partial charge in [0.05, 0.1) is 7.11 Å². The molecule has 0 saturated carbocycles. The van der Waals surface area contributed by atoms with Gasteiger partial charge in [-0.15, -0.1) is 0 Å². The smallest absolute Gasteiger partial charge is 0.324 e. The molecule has 0 saturated heterocycles. The minimum atomic E-state index is -0.351. The molecule has 0 radical (unpaired) electrons. The van der Waals surface area contributed by atoms with Crippen LogP contribution in [-0.4, -0.2) is 18.1 Å². The van der Waals surface area contributed by atoms with Gasteiger partial charge < -0.3 is 10.1 Å². The van der Waals surface area contributed by atoms with Crippen molar-refractivity contribution in [1.29, 1.82) is 0 Å². The summed E-state index contributed by atoms with van der Waals surface area (Å²) in [5.74, 6) is 1.21. The third kappa shape index (κ3) is 3.96. The zero-order chi connectivity index (χ0) is 13.7. The lowest BCUT2D eigenvalue weighted by atomic mass is 10.3. The van der Waals surface area contributed by atoms with Crippen molar-refractivity contribution in [3.63, 3.8) is 0 Å². The number of hydrogen-bond donors (Lipinski definition) is 2. The fourth-order valence-corrected chi connectivity index (χ4v) is 1.77. The number of hydrogen-bond acceptors (Lipinski definition) is 3. The number of benzene rings is 1. The van der Waals surface area contributed by atoms with E-state index in [-0.39, 0.29) is 6.03 Å². The van der Waals surface area contributed by atoms with Crippen LogP contribution in [0.1, 0.15) is 0 Å². The highest BCUT2D eigenvalue weighted by Crippen LogP contribution is 2.15. The summed E-state index contributed by atoms with van der Waals surface area (Å²) in [6.07, 6.45) is 0. The molecule has 2 aromatic rings. The average Bonchev–Trinajstić information content (AvgIpc) is 2.39. The van der Waals surface area contributed by atoms with Gasteiger partial charge in [0.25, 0.3) is 0 Å². The summed E-state index contributed by atoms with van der Waals surface area (Å²) in [7, 11) is 1.59. The summed E-state index contributed by atoms with van der Waals surface area (Å²) < 4.78 is 5.70. The van der Waals surface area contributed by atoms with Crippen LogP contribution in [0.25, 0.3) is 0 Å². The lowest BCUT2D eigenvalue weighted by Crippen LogP contribution is -2.20.